The molecule has 35 heavy (non-hydrogen) atoms. The number of halogens is 3. The molecule has 0 bridgehead atoms. The molecular weight excluding hydrogens is 534 g/mol. The lowest BCUT2D eigenvalue weighted by atomic mass is 10.2. The Bertz CT molecular complexity index is 1260. The first-order valence-electron chi connectivity index (χ1n) is 10.4. The third-order valence-electron chi connectivity index (χ3n) is 4.90. The SMILES string of the molecule is COc1ccc(Cl)cc1N(CC(=O)NCCSCc1c(F)cccc1Cl)S(=O)(=O)c1ccccc1. The number of hydrogen-bond donors (Lipinski definition) is 1. The molecule has 0 saturated heterocycles. The van der Waals surface area contributed by atoms with Crippen molar-refractivity contribution < 1.29 is 22.3 Å². The summed E-state index contributed by atoms with van der Waals surface area (Å²) < 4.78 is 47.1. The van der Waals surface area contributed by atoms with E-state index in [-0.39, 0.29) is 33.7 Å². The molecule has 3 aromatic carbocycles. The van der Waals surface area contributed by atoms with Crippen LogP contribution in [0.5, 0.6) is 5.75 Å². The topological polar surface area (TPSA) is 75.7 Å². The Balaban J connectivity index is 1.71. The quantitative estimate of drug-likeness (QED) is 0.320. The van der Waals surface area contributed by atoms with E-state index in [9.17, 15) is 17.6 Å². The minimum atomic E-state index is -4.11. The number of methoxy groups -OCH3 is 1. The Morgan fingerprint density at radius 3 is 2.51 bits per heavy atom. The number of amides is 1. The molecule has 0 aliphatic rings. The van der Waals surface area contributed by atoms with E-state index in [4.69, 9.17) is 27.9 Å². The maximum atomic E-state index is 13.9. The summed E-state index contributed by atoms with van der Waals surface area (Å²) in [6.45, 7) is -0.237. The summed E-state index contributed by atoms with van der Waals surface area (Å²) in [6.07, 6.45) is 0. The van der Waals surface area contributed by atoms with Gasteiger partial charge in [0.15, 0.2) is 0 Å². The second-order valence-electron chi connectivity index (χ2n) is 7.24. The number of carbonyl (C=O) groups is 1. The van der Waals surface area contributed by atoms with Crippen LogP contribution >= 0.6 is 35.0 Å². The van der Waals surface area contributed by atoms with Gasteiger partial charge in [-0.25, -0.2) is 12.8 Å². The van der Waals surface area contributed by atoms with Gasteiger partial charge in [0.05, 0.1) is 17.7 Å². The average molecular weight is 557 g/mol. The summed E-state index contributed by atoms with van der Waals surface area (Å²) in [5, 5.41) is 3.34. The lowest BCUT2D eigenvalue weighted by molar-refractivity contribution is -0.119. The van der Waals surface area contributed by atoms with Gasteiger partial charge in [-0.1, -0.05) is 47.5 Å². The summed E-state index contributed by atoms with van der Waals surface area (Å²) >= 11 is 13.6. The van der Waals surface area contributed by atoms with Crippen molar-refractivity contribution in [2.75, 3.05) is 30.3 Å². The van der Waals surface area contributed by atoms with Gasteiger partial charge in [0.2, 0.25) is 5.91 Å². The molecule has 0 fully saturated rings. The molecule has 0 radical (unpaired) electrons. The van der Waals surface area contributed by atoms with Crippen LogP contribution in [-0.4, -0.2) is 40.3 Å². The lowest BCUT2D eigenvalue weighted by Gasteiger charge is -2.25. The van der Waals surface area contributed by atoms with Crippen molar-refractivity contribution in [3.8, 4) is 5.75 Å². The molecule has 3 rings (SSSR count). The molecule has 0 aliphatic heterocycles. The van der Waals surface area contributed by atoms with E-state index in [1.165, 1.54) is 55.3 Å². The first-order chi connectivity index (χ1) is 16.7. The summed E-state index contributed by atoms with van der Waals surface area (Å²) in [5.74, 6) is 0.166. The fourth-order valence-electron chi connectivity index (χ4n) is 3.17. The second kappa shape index (κ2) is 12.5. The number of rotatable bonds is 11. The van der Waals surface area contributed by atoms with Crippen LogP contribution in [0.25, 0.3) is 0 Å². The Labute approximate surface area is 218 Å². The van der Waals surface area contributed by atoms with E-state index < -0.39 is 22.5 Å². The first-order valence-corrected chi connectivity index (χ1v) is 13.8. The zero-order valence-electron chi connectivity index (χ0n) is 18.7. The van der Waals surface area contributed by atoms with Gasteiger partial charge >= 0.3 is 0 Å². The largest absolute Gasteiger partial charge is 0.495 e. The predicted octanol–water partition coefficient (Wildman–Crippen LogP) is 5.39. The highest BCUT2D eigenvalue weighted by molar-refractivity contribution is 7.98. The molecule has 11 heteroatoms. The van der Waals surface area contributed by atoms with Crippen LogP contribution < -0.4 is 14.4 Å². The minimum absolute atomic E-state index is 0.0205. The maximum Gasteiger partial charge on any atom is 0.264 e. The smallest absolute Gasteiger partial charge is 0.264 e. The molecule has 0 saturated carbocycles. The number of sulfonamides is 1. The average Bonchev–Trinajstić information content (AvgIpc) is 2.84. The second-order valence-corrected chi connectivity index (χ2v) is 11.1. The van der Waals surface area contributed by atoms with Gasteiger partial charge in [-0.15, -0.1) is 0 Å². The van der Waals surface area contributed by atoms with Gasteiger partial charge in [0.25, 0.3) is 10.0 Å². The van der Waals surface area contributed by atoms with Crippen molar-refractivity contribution >= 4 is 56.6 Å². The monoisotopic (exact) mass is 556 g/mol. The van der Waals surface area contributed by atoms with Gasteiger partial charge < -0.3 is 10.1 Å². The van der Waals surface area contributed by atoms with Crippen LogP contribution in [0.4, 0.5) is 10.1 Å². The van der Waals surface area contributed by atoms with Crippen LogP contribution in [-0.2, 0) is 20.6 Å². The number of carbonyl (C=O) groups excluding carboxylic acids is 1. The molecule has 186 valence electrons. The molecule has 0 heterocycles. The minimum Gasteiger partial charge on any atom is -0.495 e. The first kappa shape index (κ1) is 27.1. The van der Waals surface area contributed by atoms with E-state index in [2.05, 4.69) is 5.32 Å². The third-order valence-corrected chi connectivity index (χ3v) is 8.25. The van der Waals surface area contributed by atoms with Gasteiger partial charge in [0, 0.05) is 33.7 Å². The summed E-state index contributed by atoms with van der Waals surface area (Å²) in [5.41, 5.74) is 0.543. The van der Waals surface area contributed by atoms with Crippen molar-refractivity contribution in [2.45, 2.75) is 10.6 Å². The normalized spacial score (nSPS) is 11.2. The van der Waals surface area contributed by atoms with Crippen LogP contribution in [0.3, 0.4) is 0 Å². The van der Waals surface area contributed by atoms with E-state index in [1.54, 1.807) is 30.3 Å². The molecule has 0 aromatic heterocycles. The molecule has 0 unspecified atom stereocenters. The predicted molar refractivity (Wildman–Crippen MR) is 140 cm³/mol. The highest BCUT2D eigenvalue weighted by Crippen LogP contribution is 2.34. The fraction of sp³-hybridized carbons (Fsp3) is 0.208. The summed E-state index contributed by atoms with van der Waals surface area (Å²) in [4.78, 5) is 12.8. The molecule has 3 aromatic rings. The van der Waals surface area contributed by atoms with Crippen LogP contribution in [0.2, 0.25) is 10.0 Å². The van der Waals surface area contributed by atoms with Gasteiger partial charge in [-0.3, -0.25) is 9.10 Å². The van der Waals surface area contributed by atoms with E-state index in [0.29, 0.717) is 22.1 Å². The highest BCUT2D eigenvalue weighted by Gasteiger charge is 2.29. The Hall–Kier alpha value is -2.46. The van der Waals surface area contributed by atoms with E-state index in [1.807, 2.05) is 0 Å². The molecule has 1 N–H and O–H groups in total. The van der Waals surface area contributed by atoms with E-state index in [0.717, 1.165) is 4.31 Å². The Kier molecular flexibility index (Phi) is 9.68. The number of anilines is 1. The molecular formula is C24H23Cl2FN2O4S2. The van der Waals surface area contributed by atoms with Gasteiger partial charge in [0.1, 0.15) is 18.1 Å². The third kappa shape index (κ3) is 7.04. The number of nitrogens with one attached hydrogen (secondary N) is 1. The van der Waals surface area contributed by atoms with Crippen molar-refractivity contribution in [1.29, 1.82) is 0 Å². The van der Waals surface area contributed by atoms with E-state index >= 15 is 0 Å². The molecule has 0 aliphatic carbocycles. The Morgan fingerprint density at radius 2 is 1.83 bits per heavy atom. The summed E-state index contributed by atoms with van der Waals surface area (Å²) in [6, 6.07) is 16.8. The number of nitrogens with zero attached hydrogens (tertiary/aromatic N) is 1. The summed E-state index contributed by atoms with van der Waals surface area (Å²) in [7, 11) is -2.71. The maximum absolute atomic E-state index is 13.9. The zero-order chi connectivity index (χ0) is 25.4. The number of benzene rings is 3. The van der Waals surface area contributed by atoms with Crippen LogP contribution in [0.1, 0.15) is 5.56 Å². The van der Waals surface area contributed by atoms with Crippen LogP contribution in [0.15, 0.2) is 71.6 Å². The number of hydrogen-bond acceptors (Lipinski definition) is 5. The molecule has 6 nitrogen and oxygen atoms in total. The molecule has 1 amide bonds. The standard InChI is InChI=1S/C24H23Cl2FN2O4S2/c1-33-23-11-10-17(25)14-22(23)29(35(31,32)18-6-3-2-4-7-18)15-24(30)28-12-13-34-16-19-20(26)8-5-9-21(19)27/h2-11,14H,12-13,15-16H2,1H3,(H,28,30). The molecule has 0 atom stereocenters. The van der Waals surface area contributed by atoms with Crippen molar-refractivity contribution in [3.05, 3.63) is 88.2 Å². The lowest BCUT2D eigenvalue weighted by Crippen LogP contribution is -2.41. The molecule has 0 spiro atoms. The highest BCUT2D eigenvalue weighted by atomic mass is 35.5. The Morgan fingerprint density at radius 1 is 1.09 bits per heavy atom. The fourth-order valence-corrected chi connectivity index (χ4v) is 5.98. The van der Waals surface area contributed by atoms with Gasteiger partial charge in [-0.05, 0) is 42.5 Å². The van der Waals surface area contributed by atoms with Crippen LogP contribution in [0, 0.1) is 5.82 Å². The van der Waals surface area contributed by atoms with Crippen molar-refractivity contribution in [2.24, 2.45) is 0 Å². The van der Waals surface area contributed by atoms with Crippen molar-refractivity contribution in [1.82, 2.24) is 5.32 Å². The zero-order valence-corrected chi connectivity index (χ0v) is 21.9. The number of thioether (sulfide) groups is 1. The van der Waals surface area contributed by atoms with Gasteiger partial charge in [-0.2, -0.15) is 11.8 Å². The van der Waals surface area contributed by atoms with Crippen molar-refractivity contribution in [3.63, 3.8) is 0 Å². The number of ether oxygens (including phenoxy) is 1.